The zero-order valence-electron chi connectivity index (χ0n) is 24.9. The van der Waals surface area contributed by atoms with Crippen LogP contribution in [0.3, 0.4) is 0 Å². The van der Waals surface area contributed by atoms with Gasteiger partial charge in [0.25, 0.3) is 5.91 Å². The Morgan fingerprint density at radius 1 is 0.881 bits per heavy atom. The van der Waals surface area contributed by atoms with Gasteiger partial charge in [0.05, 0.1) is 6.04 Å². The van der Waals surface area contributed by atoms with Crippen LogP contribution in [0, 0.1) is 6.92 Å². The number of aryl methyl sites for hydroxylation is 2. The number of ether oxygens (including phenoxy) is 1. The average Bonchev–Trinajstić information content (AvgIpc) is 3.01. The molecule has 1 aliphatic carbocycles. The molecule has 0 radical (unpaired) electrons. The Morgan fingerprint density at radius 3 is 2.12 bits per heavy atom. The second-order valence-corrected chi connectivity index (χ2v) is 10.4. The summed E-state index contributed by atoms with van der Waals surface area (Å²) in [6.07, 6.45) is 4.57. The van der Waals surface area contributed by atoms with Crippen molar-refractivity contribution in [3.63, 3.8) is 0 Å². The average molecular weight is 570 g/mol. The van der Waals surface area contributed by atoms with Crippen LogP contribution < -0.4 is 10.1 Å². The normalized spacial score (nSPS) is 13.2. The van der Waals surface area contributed by atoms with Crippen molar-refractivity contribution >= 4 is 29.5 Å². The zero-order chi connectivity index (χ0) is 30.5. The molecule has 0 saturated heterocycles. The Morgan fingerprint density at radius 2 is 1.48 bits per heavy atom. The van der Waals surface area contributed by atoms with E-state index in [-0.39, 0.29) is 18.6 Å². The number of carbonyl (C=O) groups excluding carboxylic acids is 3. The Labute approximate surface area is 247 Å². The van der Waals surface area contributed by atoms with E-state index in [0.717, 1.165) is 54.1 Å². The molecule has 1 heterocycles. The highest BCUT2D eigenvalue weighted by Crippen LogP contribution is 2.31. The summed E-state index contributed by atoms with van der Waals surface area (Å²) in [7, 11) is 6.75. The molecule has 1 aromatic heterocycles. The van der Waals surface area contributed by atoms with Crippen molar-refractivity contribution in [3.8, 4) is 17.1 Å². The summed E-state index contributed by atoms with van der Waals surface area (Å²) in [6.45, 7) is 1.96. The number of aromatic nitrogens is 2. The van der Waals surface area contributed by atoms with E-state index in [1.54, 1.807) is 28.2 Å². The van der Waals surface area contributed by atoms with Crippen LogP contribution in [0.5, 0.6) is 5.88 Å². The largest absolute Gasteiger partial charge is 0.466 e. The molecule has 9 heteroatoms. The van der Waals surface area contributed by atoms with Crippen molar-refractivity contribution in [2.75, 3.05) is 34.8 Å². The van der Waals surface area contributed by atoms with Gasteiger partial charge in [0.15, 0.2) is 6.61 Å². The number of nitrogens with zero attached hydrogens (tertiary/aromatic N) is 4. The van der Waals surface area contributed by atoms with E-state index in [1.807, 2.05) is 42.5 Å². The highest BCUT2D eigenvalue weighted by molar-refractivity contribution is 5.97. The predicted molar refractivity (Wildman–Crippen MR) is 165 cm³/mol. The van der Waals surface area contributed by atoms with Gasteiger partial charge < -0.3 is 19.9 Å². The van der Waals surface area contributed by atoms with Gasteiger partial charge in [-0.05, 0) is 43.4 Å². The number of amides is 3. The van der Waals surface area contributed by atoms with Crippen LogP contribution in [-0.2, 0) is 20.8 Å². The molecular weight excluding hydrogens is 530 g/mol. The van der Waals surface area contributed by atoms with Crippen LogP contribution in [0.25, 0.3) is 22.0 Å². The molecule has 1 aliphatic rings. The topological polar surface area (TPSA) is 105 Å². The molecule has 42 heavy (non-hydrogen) atoms. The van der Waals surface area contributed by atoms with Crippen LogP contribution in [0.15, 0.2) is 72.8 Å². The number of hydrogen-bond acceptors (Lipinski definition) is 6. The predicted octanol–water partition coefficient (Wildman–Crippen LogP) is 4.59. The van der Waals surface area contributed by atoms with E-state index in [2.05, 4.69) is 52.8 Å². The summed E-state index contributed by atoms with van der Waals surface area (Å²) in [5.41, 5.74) is 5.52. The molecule has 220 valence electrons. The molecule has 0 bridgehead atoms. The van der Waals surface area contributed by atoms with Gasteiger partial charge in [-0.15, -0.1) is 10.2 Å². The van der Waals surface area contributed by atoms with E-state index in [1.165, 1.54) is 26.5 Å². The third kappa shape index (κ3) is 9.12. The molecule has 9 nitrogen and oxygen atoms in total. The Balaban J connectivity index is 0.000000420. The maximum Gasteiger partial charge on any atom is 0.258 e. The number of hydrogen-bond donors (Lipinski definition) is 1. The summed E-state index contributed by atoms with van der Waals surface area (Å²) in [5.74, 6) is 0.218. The van der Waals surface area contributed by atoms with E-state index < -0.39 is 0 Å². The van der Waals surface area contributed by atoms with Crippen LogP contribution in [0.2, 0.25) is 0 Å². The summed E-state index contributed by atoms with van der Waals surface area (Å²) >= 11 is 0. The zero-order valence-corrected chi connectivity index (χ0v) is 24.9. The minimum absolute atomic E-state index is 0.0304. The van der Waals surface area contributed by atoms with E-state index in [9.17, 15) is 14.4 Å². The number of fused-ring (bicyclic) bond motifs is 2. The molecule has 1 atom stereocenters. The van der Waals surface area contributed by atoms with Crippen molar-refractivity contribution in [3.05, 3.63) is 89.5 Å². The Kier molecular flexibility index (Phi) is 12.0. The summed E-state index contributed by atoms with van der Waals surface area (Å²) in [6, 6.07) is 24.4. The molecule has 4 aromatic rings. The van der Waals surface area contributed by atoms with E-state index in [0.29, 0.717) is 5.88 Å². The molecule has 5 rings (SSSR count). The van der Waals surface area contributed by atoms with Gasteiger partial charge in [0, 0.05) is 44.5 Å². The van der Waals surface area contributed by atoms with Crippen LogP contribution in [0.4, 0.5) is 0 Å². The van der Waals surface area contributed by atoms with Gasteiger partial charge in [0.1, 0.15) is 5.69 Å². The van der Waals surface area contributed by atoms with Crippen LogP contribution in [-0.4, -0.2) is 73.5 Å². The Hall–Kier alpha value is -4.79. The maximum absolute atomic E-state index is 12.7. The molecule has 0 fully saturated rings. The standard InChI is InChI=1S/C27H25N3O2.2C3H7NO/c1-18-13-15-20(16-14-18)26-22-10-4-5-11-23(22)27(30-29-26)32-17-25(31)28-24-12-6-8-19-7-2-3-9-21(19)24;2*1-4(2)3-5/h2-5,7,9-11,13-16,24H,6,8,12,17H2,1H3,(H,28,31);2*3H,1-2H3. The molecular formula is C33H39N5O4. The maximum atomic E-state index is 12.7. The summed E-state index contributed by atoms with van der Waals surface area (Å²) in [5, 5.41) is 13.6. The first-order valence-electron chi connectivity index (χ1n) is 13.8. The molecule has 0 aliphatic heterocycles. The molecule has 1 unspecified atom stereocenters. The fraction of sp³-hybridized carbons (Fsp3) is 0.303. The smallest absolute Gasteiger partial charge is 0.258 e. The lowest BCUT2D eigenvalue weighted by molar-refractivity contribution is -0.124. The van der Waals surface area contributed by atoms with Gasteiger partial charge in [-0.1, -0.05) is 72.3 Å². The molecule has 0 spiro atoms. The first kappa shape index (κ1) is 31.7. The van der Waals surface area contributed by atoms with Crippen molar-refractivity contribution < 1.29 is 19.1 Å². The lowest BCUT2D eigenvalue weighted by atomic mass is 9.88. The monoisotopic (exact) mass is 569 g/mol. The van der Waals surface area contributed by atoms with Crippen molar-refractivity contribution in [1.82, 2.24) is 25.3 Å². The lowest BCUT2D eigenvalue weighted by Gasteiger charge is -2.26. The summed E-state index contributed by atoms with van der Waals surface area (Å²) < 4.78 is 5.83. The number of rotatable bonds is 7. The van der Waals surface area contributed by atoms with Gasteiger partial charge in [-0.2, -0.15) is 0 Å². The molecule has 3 amide bonds. The highest BCUT2D eigenvalue weighted by atomic mass is 16.5. The van der Waals surface area contributed by atoms with Crippen molar-refractivity contribution in [2.24, 2.45) is 0 Å². The van der Waals surface area contributed by atoms with Gasteiger partial charge in [-0.25, -0.2) is 0 Å². The number of carbonyl (C=O) groups is 3. The van der Waals surface area contributed by atoms with Crippen molar-refractivity contribution in [1.29, 1.82) is 0 Å². The van der Waals surface area contributed by atoms with Gasteiger partial charge in [0.2, 0.25) is 18.7 Å². The van der Waals surface area contributed by atoms with Gasteiger partial charge in [-0.3, -0.25) is 14.4 Å². The lowest BCUT2D eigenvalue weighted by Crippen LogP contribution is -2.34. The second kappa shape index (κ2) is 15.9. The summed E-state index contributed by atoms with van der Waals surface area (Å²) in [4.78, 5) is 34.4. The first-order valence-corrected chi connectivity index (χ1v) is 13.8. The fourth-order valence-electron chi connectivity index (χ4n) is 4.38. The second-order valence-electron chi connectivity index (χ2n) is 10.4. The van der Waals surface area contributed by atoms with E-state index in [4.69, 9.17) is 4.74 Å². The number of nitrogens with one attached hydrogen (secondary N) is 1. The third-order valence-electron chi connectivity index (χ3n) is 6.44. The Bertz CT molecular complexity index is 1460. The third-order valence-corrected chi connectivity index (χ3v) is 6.44. The van der Waals surface area contributed by atoms with E-state index >= 15 is 0 Å². The van der Waals surface area contributed by atoms with Crippen molar-refractivity contribution in [2.45, 2.75) is 32.2 Å². The quantitative estimate of drug-likeness (QED) is 0.327. The molecule has 0 saturated carbocycles. The minimum atomic E-state index is -0.153. The minimum Gasteiger partial charge on any atom is -0.466 e. The fourth-order valence-corrected chi connectivity index (χ4v) is 4.38. The highest BCUT2D eigenvalue weighted by Gasteiger charge is 2.22. The first-order chi connectivity index (χ1) is 20.2. The number of benzene rings is 3. The van der Waals surface area contributed by atoms with Gasteiger partial charge >= 0.3 is 0 Å². The van der Waals surface area contributed by atoms with Crippen LogP contribution >= 0.6 is 0 Å². The molecule has 3 aromatic carbocycles. The van der Waals surface area contributed by atoms with Crippen LogP contribution in [0.1, 0.15) is 35.6 Å². The SMILES string of the molecule is CN(C)C=O.CN(C)C=O.Cc1ccc(-c2nnc(OCC(=O)NC3CCCc4ccccc43)c3ccccc23)cc1. The molecule has 1 N–H and O–H groups in total.